The molecule has 0 atom stereocenters. The van der Waals surface area contributed by atoms with Crippen molar-refractivity contribution in [2.75, 3.05) is 13.2 Å². The van der Waals surface area contributed by atoms with Crippen molar-refractivity contribution in [2.45, 2.75) is 32.1 Å². The first-order chi connectivity index (χ1) is 6.77. The number of unbranched alkanes of at least 4 members (excludes halogenated alkanes) is 3. The highest BCUT2D eigenvalue weighted by atomic mass is 16.2. The number of hydrogen-bond donors (Lipinski definition) is 3. The van der Waals surface area contributed by atoms with E-state index in [1.54, 1.807) is 12.3 Å². The summed E-state index contributed by atoms with van der Waals surface area (Å²) in [5, 5.41) is 11.6. The van der Waals surface area contributed by atoms with Crippen LogP contribution in [0.4, 0.5) is 0 Å². The highest BCUT2D eigenvalue weighted by Gasteiger charge is 1.88. The van der Waals surface area contributed by atoms with E-state index in [-0.39, 0.29) is 18.9 Å². The van der Waals surface area contributed by atoms with Crippen molar-refractivity contribution >= 4 is 5.91 Å². The van der Waals surface area contributed by atoms with Crippen molar-refractivity contribution in [2.24, 2.45) is 5.73 Å². The molecule has 0 bridgehead atoms. The molecule has 0 aliphatic rings. The molecule has 0 aliphatic carbocycles. The topological polar surface area (TPSA) is 75.4 Å². The van der Waals surface area contributed by atoms with Gasteiger partial charge in [0.2, 0.25) is 5.91 Å². The van der Waals surface area contributed by atoms with Gasteiger partial charge >= 0.3 is 0 Å². The van der Waals surface area contributed by atoms with Gasteiger partial charge in [-0.3, -0.25) is 4.79 Å². The lowest BCUT2D eigenvalue weighted by Crippen LogP contribution is -2.10. The zero-order valence-electron chi connectivity index (χ0n) is 8.54. The lowest BCUT2D eigenvalue weighted by molar-refractivity contribution is -0.117. The zero-order valence-corrected chi connectivity index (χ0v) is 8.54. The lowest BCUT2D eigenvalue weighted by Gasteiger charge is -2.00. The van der Waals surface area contributed by atoms with E-state index in [0.717, 1.165) is 32.2 Å². The van der Waals surface area contributed by atoms with Crippen molar-refractivity contribution in [1.82, 2.24) is 5.32 Å². The molecule has 0 rings (SSSR count). The van der Waals surface area contributed by atoms with Crippen molar-refractivity contribution in [3.05, 3.63) is 12.3 Å². The second-order valence-electron chi connectivity index (χ2n) is 3.16. The first-order valence-corrected chi connectivity index (χ1v) is 5.05. The Morgan fingerprint density at radius 1 is 1.29 bits per heavy atom. The van der Waals surface area contributed by atoms with Crippen LogP contribution in [-0.4, -0.2) is 24.2 Å². The monoisotopic (exact) mass is 200 g/mol. The van der Waals surface area contributed by atoms with Gasteiger partial charge in [-0.1, -0.05) is 18.9 Å². The Balaban J connectivity index is 3.05. The predicted molar refractivity (Wildman–Crippen MR) is 56.5 cm³/mol. The first-order valence-electron chi connectivity index (χ1n) is 5.05. The number of primary amides is 1. The molecule has 0 radical (unpaired) electrons. The number of rotatable bonds is 9. The van der Waals surface area contributed by atoms with Gasteiger partial charge < -0.3 is 16.2 Å². The first kappa shape index (κ1) is 13.0. The van der Waals surface area contributed by atoms with Gasteiger partial charge in [0, 0.05) is 19.6 Å². The molecule has 82 valence electrons. The molecule has 0 spiro atoms. The van der Waals surface area contributed by atoms with Crippen LogP contribution in [-0.2, 0) is 4.79 Å². The minimum Gasteiger partial charge on any atom is -0.396 e. The third kappa shape index (κ3) is 11.0. The van der Waals surface area contributed by atoms with Gasteiger partial charge in [-0.15, -0.1) is 0 Å². The van der Waals surface area contributed by atoms with Crippen LogP contribution in [0.3, 0.4) is 0 Å². The molecule has 0 heterocycles. The Morgan fingerprint density at radius 2 is 2.00 bits per heavy atom. The second-order valence-corrected chi connectivity index (χ2v) is 3.16. The lowest BCUT2D eigenvalue weighted by atomic mass is 10.2. The molecule has 0 saturated carbocycles. The van der Waals surface area contributed by atoms with Gasteiger partial charge in [-0.2, -0.15) is 0 Å². The van der Waals surface area contributed by atoms with Gasteiger partial charge in [-0.25, -0.2) is 0 Å². The molecule has 0 aromatic heterocycles. The molecule has 4 N–H and O–H groups in total. The molecule has 0 fully saturated rings. The zero-order chi connectivity index (χ0) is 10.6. The van der Waals surface area contributed by atoms with E-state index in [1.807, 2.05) is 0 Å². The fourth-order valence-electron chi connectivity index (χ4n) is 1.03. The number of hydrogen-bond acceptors (Lipinski definition) is 3. The highest BCUT2D eigenvalue weighted by molar-refractivity contribution is 5.75. The van der Waals surface area contributed by atoms with Crippen LogP contribution in [0.1, 0.15) is 32.1 Å². The van der Waals surface area contributed by atoms with E-state index in [0.29, 0.717) is 0 Å². The Labute approximate surface area is 85.2 Å². The fraction of sp³-hybridized carbons (Fsp3) is 0.700. The standard InChI is InChI=1S/C10H20N2O2/c11-10(14)6-5-8-12-7-3-1-2-4-9-13/h5,8,12-13H,1-4,6-7,9H2,(H2,11,14). The van der Waals surface area contributed by atoms with Crippen LogP contribution < -0.4 is 11.1 Å². The maximum atomic E-state index is 10.3. The van der Waals surface area contributed by atoms with E-state index in [9.17, 15) is 4.79 Å². The Hall–Kier alpha value is -1.03. The summed E-state index contributed by atoms with van der Waals surface area (Å²) in [6.07, 6.45) is 7.93. The van der Waals surface area contributed by atoms with E-state index >= 15 is 0 Å². The van der Waals surface area contributed by atoms with Crippen molar-refractivity contribution in [3.63, 3.8) is 0 Å². The summed E-state index contributed by atoms with van der Waals surface area (Å²) in [6.45, 7) is 1.19. The summed E-state index contributed by atoms with van der Waals surface area (Å²) < 4.78 is 0. The van der Waals surface area contributed by atoms with Gasteiger partial charge in [-0.05, 0) is 19.0 Å². The van der Waals surface area contributed by atoms with Gasteiger partial charge in [0.15, 0.2) is 0 Å². The summed E-state index contributed by atoms with van der Waals surface area (Å²) in [5.41, 5.74) is 4.95. The van der Waals surface area contributed by atoms with Crippen LogP contribution in [0, 0.1) is 0 Å². The van der Waals surface area contributed by atoms with E-state index in [1.165, 1.54) is 0 Å². The van der Waals surface area contributed by atoms with Crippen LogP contribution in [0.2, 0.25) is 0 Å². The molecule has 0 unspecified atom stereocenters. The number of nitrogens with one attached hydrogen (secondary N) is 1. The number of nitrogens with two attached hydrogens (primary N) is 1. The second kappa shape index (κ2) is 10.1. The number of aliphatic hydroxyl groups excluding tert-OH is 1. The minimum atomic E-state index is -0.314. The largest absolute Gasteiger partial charge is 0.396 e. The van der Waals surface area contributed by atoms with Crippen LogP contribution >= 0.6 is 0 Å². The van der Waals surface area contributed by atoms with Gasteiger partial charge in [0.25, 0.3) is 0 Å². The highest BCUT2D eigenvalue weighted by Crippen LogP contribution is 1.97. The normalized spacial score (nSPS) is 10.6. The third-order valence-corrected chi connectivity index (χ3v) is 1.78. The van der Waals surface area contributed by atoms with E-state index in [2.05, 4.69) is 5.32 Å². The molecular formula is C10H20N2O2. The number of amides is 1. The summed E-state index contributed by atoms with van der Waals surface area (Å²) in [5.74, 6) is -0.314. The van der Waals surface area contributed by atoms with Crippen molar-refractivity contribution < 1.29 is 9.90 Å². The summed E-state index contributed by atoms with van der Waals surface area (Å²) in [7, 11) is 0. The van der Waals surface area contributed by atoms with E-state index in [4.69, 9.17) is 10.8 Å². The average Bonchev–Trinajstić information content (AvgIpc) is 2.15. The number of carbonyl (C=O) groups is 1. The molecule has 0 saturated heterocycles. The Kier molecular flexibility index (Phi) is 9.31. The van der Waals surface area contributed by atoms with E-state index < -0.39 is 0 Å². The number of aliphatic hydroxyl groups is 1. The van der Waals surface area contributed by atoms with Gasteiger partial charge in [0.1, 0.15) is 0 Å². The quantitative estimate of drug-likeness (QED) is 0.475. The summed E-state index contributed by atoms with van der Waals surface area (Å²) in [4.78, 5) is 10.3. The summed E-state index contributed by atoms with van der Waals surface area (Å²) >= 11 is 0. The average molecular weight is 200 g/mol. The molecule has 0 aliphatic heterocycles. The van der Waals surface area contributed by atoms with Crippen LogP contribution in [0.15, 0.2) is 12.3 Å². The molecule has 1 amide bonds. The molecule has 0 aromatic rings. The fourth-order valence-corrected chi connectivity index (χ4v) is 1.03. The Bertz CT molecular complexity index is 170. The molecule has 14 heavy (non-hydrogen) atoms. The molecule has 4 heteroatoms. The SMILES string of the molecule is NC(=O)CC=CNCCCCCCO. The third-order valence-electron chi connectivity index (χ3n) is 1.78. The number of carbonyl (C=O) groups excluding carboxylic acids is 1. The van der Waals surface area contributed by atoms with Crippen LogP contribution in [0.5, 0.6) is 0 Å². The van der Waals surface area contributed by atoms with Crippen molar-refractivity contribution in [1.29, 1.82) is 0 Å². The maximum Gasteiger partial charge on any atom is 0.221 e. The summed E-state index contributed by atoms with van der Waals surface area (Å²) in [6, 6.07) is 0. The smallest absolute Gasteiger partial charge is 0.221 e. The molecular weight excluding hydrogens is 180 g/mol. The minimum absolute atomic E-state index is 0.284. The molecule has 4 nitrogen and oxygen atoms in total. The maximum absolute atomic E-state index is 10.3. The Morgan fingerprint density at radius 3 is 2.64 bits per heavy atom. The van der Waals surface area contributed by atoms with Gasteiger partial charge in [0.05, 0.1) is 0 Å². The van der Waals surface area contributed by atoms with Crippen LogP contribution in [0.25, 0.3) is 0 Å². The molecule has 0 aromatic carbocycles. The predicted octanol–water partition coefficient (Wildman–Crippen LogP) is 0.518. The van der Waals surface area contributed by atoms with Crippen molar-refractivity contribution in [3.8, 4) is 0 Å².